The Hall–Kier alpha value is -2.23. The van der Waals surface area contributed by atoms with E-state index in [1.807, 2.05) is 0 Å². The number of aldehydes is 1. The molecule has 1 aromatic carbocycles. The summed E-state index contributed by atoms with van der Waals surface area (Å²) in [6.45, 7) is 0. The highest BCUT2D eigenvalue weighted by Gasteiger charge is 2.09. The SMILES string of the molecule is O=Cc1cncc2c(C(=O)O)cccc12. The van der Waals surface area contributed by atoms with E-state index < -0.39 is 5.97 Å². The van der Waals surface area contributed by atoms with Gasteiger partial charge in [0, 0.05) is 23.3 Å². The molecule has 15 heavy (non-hydrogen) atoms. The van der Waals surface area contributed by atoms with Crippen molar-refractivity contribution in [3.05, 3.63) is 41.7 Å². The van der Waals surface area contributed by atoms with Gasteiger partial charge in [0.25, 0.3) is 0 Å². The molecule has 74 valence electrons. The number of aromatic carboxylic acids is 1. The van der Waals surface area contributed by atoms with Crippen molar-refractivity contribution in [3.8, 4) is 0 Å². The van der Waals surface area contributed by atoms with Gasteiger partial charge in [-0.1, -0.05) is 12.1 Å². The molecule has 4 heteroatoms. The number of hydrogen-bond acceptors (Lipinski definition) is 3. The molecule has 2 aromatic rings. The first-order valence-electron chi connectivity index (χ1n) is 4.29. The topological polar surface area (TPSA) is 67.3 Å². The maximum atomic E-state index is 10.9. The third-order valence-electron chi connectivity index (χ3n) is 2.19. The standard InChI is InChI=1S/C11H7NO3/c13-6-7-4-12-5-10-8(7)2-1-3-9(10)11(14)15/h1-6H,(H,14,15). The van der Waals surface area contributed by atoms with Gasteiger partial charge in [0.2, 0.25) is 0 Å². The first kappa shape index (κ1) is 9.33. The number of carboxylic acids is 1. The van der Waals surface area contributed by atoms with E-state index in [4.69, 9.17) is 5.11 Å². The highest BCUT2D eigenvalue weighted by molar-refractivity contribution is 6.07. The maximum absolute atomic E-state index is 10.9. The average molecular weight is 201 g/mol. The van der Waals surface area contributed by atoms with Gasteiger partial charge in [0.15, 0.2) is 6.29 Å². The lowest BCUT2D eigenvalue weighted by molar-refractivity contribution is 0.0699. The quantitative estimate of drug-likeness (QED) is 0.751. The number of carbonyl (C=O) groups is 2. The van der Waals surface area contributed by atoms with Crippen molar-refractivity contribution in [2.45, 2.75) is 0 Å². The third kappa shape index (κ3) is 1.46. The zero-order valence-electron chi connectivity index (χ0n) is 7.68. The van der Waals surface area contributed by atoms with Crippen LogP contribution in [0.15, 0.2) is 30.6 Å². The van der Waals surface area contributed by atoms with E-state index in [9.17, 15) is 9.59 Å². The molecule has 0 aliphatic rings. The molecule has 0 saturated carbocycles. The van der Waals surface area contributed by atoms with Gasteiger partial charge in [0.05, 0.1) is 5.56 Å². The van der Waals surface area contributed by atoms with E-state index in [0.29, 0.717) is 22.6 Å². The summed E-state index contributed by atoms with van der Waals surface area (Å²) >= 11 is 0. The second-order valence-corrected chi connectivity index (χ2v) is 3.05. The molecule has 0 atom stereocenters. The predicted molar refractivity (Wildman–Crippen MR) is 54.1 cm³/mol. The summed E-state index contributed by atoms with van der Waals surface area (Å²) < 4.78 is 0. The number of benzene rings is 1. The first-order chi connectivity index (χ1) is 7.24. The van der Waals surface area contributed by atoms with Gasteiger partial charge in [0.1, 0.15) is 0 Å². The minimum absolute atomic E-state index is 0.156. The summed E-state index contributed by atoms with van der Waals surface area (Å²) in [5, 5.41) is 10.0. The van der Waals surface area contributed by atoms with Crippen molar-refractivity contribution in [2.75, 3.05) is 0 Å². The summed E-state index contributed by atoms with van der Waals surface area (Å²) in [4.78, 5) is 25.4. The van der Waals surface area contributed by atoms with E-state index in [2.05, 4.69) is 4.98 Å². The molecular weight excluding hydrogens is 194 g/mol. The minimum Gasteiger partial charge on any atom is -0.478 e. The van der Waals surface area contributed by atoms with Gasteiger partial charge >= 0.3 is 5.97 Å². The van der Waals surface area contributed by atoms with Crippen LogP contribution in [0.3, 0.4) is 0 Å². The second-order valence-electron chi connectivity index (χ2n) is 3.05. The summed E-state index contributed by atoms with van der Waals surface area (Å²) in [5.74, 6) is -1.02. The Morgan fingerprint density at radius 3 is 2.73 bits per heavy atom. The lowest BCUT2D eigenvalue weighted by Gasteiger charge is -2.02. The average Bonchev–Trinajstić information content (AvgIpc) is 2.27. The van der Waals surface area contributed by atoms with Crippen LogP contribution < -0.4 is 0 Å². The molecule has 0 saturated heterocycles. The number of pyridine rings is 1. The number of nitrogens with zero attached hydrogens (tertiary/aromatic N) is 1. The molecule has 0 fully saturated rings. The molecule has 1 heterocycles. The van der Waals surface area contributed by atoms with Gasteiger partial charge in [-0.25, -0.2) is 4.79 Å². The lowest BCUT2D eigenvalue weighted by Crippen LogP contribution is -1.98. The van der Waals surface area contributed by atoms with Crippen LogP contribution in [0.5, 0.6) is 0 Å². The number of fused-ring (bicyclic) bond motifs is 1. The molecule has 0 aliphatic carbocycles. The summed E-state index contributed by atoms with van der Waals surface area (Å²) in [6.07, 6.45) is 3.54. The van der Waals surface area contributed by atoms with Gasteiger partial charge in [-0.15, -0.1) is 0 Å². The molecule has 1 aromatic heterocycles. The van der Waals surface area contributed by atoms with E-state index >= 15 is 0 Å². The fourth-order valence-electron chi connectivity index (χ4n) is 1.50. The van der Waals surface area contributed by atoms with Crippen LogP contribution in [0.1, 0.15) is 20.7 Å². The highest BCUT2D eigenvalue weighted by atomic mass is 16.4. The molecular formula is C11H7NO3. The van der Waals surface area contributed by atoms with Crippen molar-refractivity contribution in [2.24, 2.45) is 0 Å². The molecule has 0 spiro atoms. The highest BCUT2D eigenvalue weighted by Crippen LogP contribution is 2.20. The first-order valence-corrected chi connectivity index (χ1v) is 4.29. The Bertz CT molecular complexity index is 549. The number of hydrogen-bond donors (Lipinski definition) is 1. The lowest BCUT2D eigenvalue weighted by atomic mass is 10.0. The molecule has 0 unspecified atom stereocenters. The van der Waals surface area contributed by atoms with Gasteiger partial charge in [-0.3, -0.25) is 9.78 Å². The van der Waals surface area contributed by atoms with Gasteiger partial charge in [-0.2, -0.15) is 0 Å². The molecule has 1 N–H and O–H groups in total. The Labute approximate surface area is 85.2 Å². The van der Waals surface area contributed by atoms with E-state index in [-0.39, 0.29) is 5.56 Å². The molecule has 0 bridgehead atoms. The van der Waals surface area contributed by atoms with Crippen LogP contribution >= 0.6 is 0 Å². The van der Waals surface area contributed by atoms with Crippen molar-refractivity contribution in [1.82, 2.24) is 4.98 Å². The zero-order chi connectivity index (χ0) is 10.8. The number of carbonyl (C=O) groups excluding carboxylic acids is 1. The minimum atomic E-state index is -1.02. The molecule has 2 rings (SSSR count). The smallest absolute Gasteiger partial charge is 0.336 e. The van der Waals surface area contributed by atoms with E-state index in [1.165, 1.54) is 18.5 Å². The monoisotopic (exact) mass is 201 g/mol. The number of rotatable bonds is 2. The largest absolute Gasteiger partial charge is 0.478 e. The maximum Gasteiger partial charge on any atom is 0.336 e. The van der Waals surface area contributed by atoms with Crippen molar-refractivity contribution >= 4 is 23.0 Å². The fraction of sp³-hybridized carbons (Fsp3) is 0. The molecule has 0 amide bonds. The Balaban J connectivity index is 2.88. The van der Waals surface area contributed by atoms with Crippen LogP contribution in [0.4, 0.5) is 0 Å². The van der Waals surface area contributed by atoms with Crippen LogP contribution in [-0.2, 0) is 0 Å². The summed E-state index contributed by atoms with van der Waals surface area (Å²) in [6, 6.07) is 4.80. The van der Waals surface area contributed by atoms with Crippen molar-refractivity contribution < 1.29 is 14.7 Å². The van der Waals surface area contributed by atoms with E-state index in [1.54, 1.807) is 12.1 Å². The summed E-state index contributed by atoms with van der Waals surface area (Å²) in [7, 11) is 0. The van der Waals surface area contributed by atoms with Crippen molar-refractivity contribution in [1.29, 1.82) is 0 Å². The predicted octanol–water partition coefficient (Wildman–Crippen LogP) is 1.75. The Kier molecular flexibility index (Phi) is 2.17. The fourth-order valence-corrected chi connectivity index (χ4v) is 1.50. The van der Waals surface area contributed by atoms with Gasteiger partial charge in [-0.05, 0) is 11.5 Å². The van der Waals surface area contributed by atoms with Crippen LogP contribution in [0.25, 0.3) is 10.8 Å². The van der Waals surface area contributed by atoms with Crippen LogP contribution in [-0.4, -0.2) is 22.3 Å². The van der Waals surface area contributed by atoms with E-state index in [0.717, 1.165) is 0 Å². The Morgan fingerprint density at radius 1 is 1.27 bits per heavy atom. The zero-order valence-corrected chi connectivity index (χ0v) is 7.68. The number of carboxylic acid groups (broad SMARTS) is 1. The molecule has 0 aliphatic heterocycles. The second kappa shape index (κ2) is 3.49. The van der Waals surface area contributed by atoms with Crippen molar-refractivity contribution in [3.63, 3.8) is 0 Å². The van der Waals surface area contributed by atoms with Crippen LogP contribution in [0, 0.1) is 0 Å². The van der Waals surface area contributed by atoms with Crippen LogP contribution in [0.2, 0.25) is 0 Å². The summed E-state index contributed by atoms with van der Waals surface area (Å²) in [5.41, 5.74) is 0.555. The normalized spacial score (nSPS) is 10.1. The van der Waals surface area contributed by atoms with Gasteiger partial charge < -0.3 is 5.11 Å². The Morgan fingerprint density at radius 2 is 2.07 bits per heavy atom. The molecule has 0 radical (unpaired) electrons. The molecule has 4 nitrogen and oxygen atoms in total. The third-order valence-corrected chi connectivity index (χ3v) is 2.19. The number of aromatic nitrogens is 1.